The summed E-state index contributed by atoms with van der Waals surface area (Å²) in [6.45, 7) is 1.98. The molecule has 2 N–H and O–H groups in total. The summed E-state index contributed by atoms with van der Waals surface area (Å²) in [7, 11) is 1.74. The van der Waals surface area contributed by atoms with E-state index in [1.807, 2.05) is 13.0 Å². The zero-order valence-electron chi connectivity index (χ0n) is 7.70. The van der Waals surface area contributed by atoms with Gasteiger partial charge in [0.1, 0.15) is 4.99 Å². The van der Waals surface area contributed by atoms with Crippen LogP contribution in [0.4, 0.5) is 0 Å². The molecule has 0 unspecified atom stereocenters. The highest BCUT2D eigenvalue weighted by Crippen LogP contribution is 2.01. The summed E-state index contributed by atoms with van der Waals surface area (Å²) in [5.74, 6) is 0. The van der Waals surface area contributed by atoms with Crippen molar-refractivity contribution in [3.63, 3.8) is 0 Å². The molecule has 0 amide bonds. The van der Waals surface area contributed by atoms with Gasteiger partial charge in [0.25, 0.3) is 5.56 Å². The topological polar surface area (TPSA) is 48.0 Å². The standard InChI is InChI=1S/C9H12N2OS/c1-3-7-4-6(9(10)13)5-8(12)11(7)2/h4-5H,3H2,1-2H3,(H2,10,13). The van der Waals surface area contributed by atoms with Crippen LogP contribution in [0.3, 0.4) is 0 Å². The van der Waals surface area contributed by atoms with Gasteiger partial charge in [0.2, 0.25) is 0 Å². The Bertz CT molecular complexity index is 395. The SMILES string of the molecule is CCc1cc(C(N)=S)cc(=O)n1C. The van der Waals surface area contributed by atoms with Gasteiger partial charge in [0.15, 0.2) is 0 Å². The van der Waals surface area contributed by atoms with E-state index in [2.05, 4.69) is 0 Å². The molecule has 0 saturated heterocycles. The second-order valence-electron chi connectivity index (χ2n) is 2.85. The summed E-state index contributed by atoms with van der Waals surface area (Å²) >= 11 is 4.80. The summed E-state index contributed by atoms with van der Waals surface area (Å²) in [4.78, 5) is 11.6. The quantitative estimate of drug-likeness (QED) is 0.704. The highest BCUT2D eigenvalue weighted by Gasteiger charge is 2.03. The predicted octanol–water partition coefficient (Wildman–Crippen LogP) is 0.582. The van der Waals surface area contributed by atoms with E-state index in [0.29, 0.717) is 5.56 Å². The first-order chi connectivity index (χ1) is 6.06. The zero-order chi connectivity index (χ0) is 10.0. The number of pyridine rings is 1. The van der Waals surface area contributed by atoms with Crippen LogP contribution < -0.4 is 11.3 Å². The van der Waals surface area contributed by atoms with Crippen molar-refractivity contribution in [2.45, 2.75) is 13.3 Å². The molecule has 0 bridgehead atoms. The van der Waals surface area contributed by atoms with Crippen molar-refractivity contribution in [3.05, 3.63) is 33.7 Å². The lowest BCUT2D eigenvalue weighted by Crippen LogP contribution is -2.23. The van der Waals surface area contributed by atoms with E-state index >= 15 is 0 Å². The van der Waals surface area contributed by atoms with Gasteiger partial charge < -0.3 is 10.3 Å². The van der Waals surface area contributed by atoms with Gasteiger partial charge in [-0.05, 0) is 12.5 Å². The fourth-order valence-corrected chi connectivity index (χ4v) is 1.29. The first-order valence-electron chi connectivity index (χ1n) is 4.06. The largest absolute Gasteiger partial charge is 0.389 e. The number of hydrogen-bond acceptors (Lipinski definition) is 2. The second kappa shape index (κ2) is 3.70. The molecule has 0 aliphatic carbocycles. The Morgan fingerprint density at radius 2 is 2.23 bits per heavy atom. The van der Waals surface area contributed by atoms with Crippen molar-refractivity contribution in [1.82, 2.24) is 4.57 Å². The molecule has 0 saturated carbocycles. The Morgan fingerprint density at radius 3 is 2.69 bits per heavy atom. The first-order valence-corrected chi connectivity index (χ1v) is 4.46. The Hall–Kier alpha value is -1.16. The second-order valence-corrected chi connectivity index (χ2v) is 3.29. The molecule has 0 aliphatic rings. The minimum absolute atomic E-state index is 0.0675. The molecule has 0 radical (unpaired) electrons. The number of nitrogens with two attached hydrogens (primary N) is 1. The van der Waals surface area contributed by atoms with Crippen molar-refractivity contribution < 1.29 is 0 Å². The van der Waals surface area contributed by atoms with Crippen molar-refractivity contribution >= 4 is 17.2 Å². The van der Waals surface area contributed by atoms with Crippen LogP contribution in [0.15, 0.2) is 16.9 Å². The average Bonchev–Trinajstić information content (AvgIpc) is 2.09. The lowest BCUT2D eigenvalue weighted by Gasteiger charge is -2.07. The summed E-state index contributed by atoms with van der Waals surface area (Å²) < 4.78 is 1.60. The molecule has 0 aromatic carbocycles. The van der Waals surface area contributed by atoms with Crippen molar-refractivity contribution in [2.24, 2.45) is 12.8 Å². The van der Waals surface area contributed by atoms with E-state index in [9.17, 15) is 4.79 Å². The van der Waals surface area contributed by atoms with Crippen molar-refractivity contribution in [2.75, 3.05) is 0 Å². The van der Waals surface area contributed by atoms with E-state index in [0.717, 1.165) is 12.1 Å². The van der Waals surface area contributed by atoms with Crippen LogP contribution in [0.25, 0.3) is 0 Å². The van der Waals surface area contributed by atoms with Gasteiger partial charge in [-0.3, -0.25) is 4.79 Å². The minimum Gasteiger partial charge on any atom is -0.389 e. The molecule has 1 rings (SSSR count). The number of hydrogen-bond donors (Lipinski definition) is 1. The predicted molar refractivity (Wildman–Crippen MR) is 56.9 cm³/mol. The minimum atomic E-state index is -0.0675. The number of rotatable bonds is 2. The van der Waals surface area contributed by atoms with Gasteiger partial charge in [0, 0.05) is 24.4 Å². The third kappa shape index (κ3) is 1.95. The normalized spacial score (nSPS) is 10.0. The van der Waals surface area contributed by atoms with Gasteiger partial charge in [0.05, 0.1) is 0 Å². The maximum absolute atomic E-state index is 11.4. The van der Waals surface area contributed by atoms with Crippen LogP contribution in [-0.4, -0.2) is 9.56 Å². The van der Waals surface area contributed by atoms with Crippen molar-refractivity contribution in [3.8, 4) is 0 Å². The molecule has 1 aromatic rings. The van der Waals surface area contributed by atoms with Crippen LogP contribution in [0.1, 0.15) is 18.2 Å². The molecular weight excluding hydrogens is 184 g/mol. The molecule has 13 heavy (non-hydrogen) atoms. The van der Waals surface area contributed by atoms with Gasteiger partial charge in [-0.25, -0.2) is 0 Å². The molecule has 4 heteroatoms. The molecule has 0 atom stereocenters. The van der Waals surface area contributed by atoms with Crippen LogP contribution in [0.2, 0.25) is 0 Å². The van der Waals surface area contributed by atoms with E-state index in [1.165, 1.54) is 6.07 Å². The number of aryl methyl sites for hydroxylation is 1. The maximum Gasteiger partial charge on any atom is 0.251 e. The monoisotopic (exact) mass is 196 g/mol. The van der Waals surface area contributed by atoms with E-state index in [4.69, 9.17) is 18.0 Å². The summed E-state index contributed by atoms with van der Waals surface area (Å²) in [5.41, 5.74) is 6.96. The van der Waals surface area contributed by atoms with Gasteiger partial charge >= 0.3 is 0 Å². The highest BCUT2D eigenvalue weighted by molar-refractivity contribution is 7.80. The van der Waals surface area contributed by atoms with Crippen LogP contribution in [0, 0.1) is 0 Å². The Labute approximate surface area is 82.2 Å². The van der Waals surface area contributed by atoms with Gasteiger partial charge in [-0.2, -0.15) is 0 Å². The lowest BCUT2D eigenvalue weighted by molar-refractivity contribution is 0.782. The molecule has 0 aliphatic heterocycles. The molecular formula is C9H12N2OS. The Kier molecular flexibility index (Phi) is 2.83. The fourth-order valence-electron chi connectivity index (χ4n) is 1.17. The Balaban J connectivity index is 3.39. The molecule has 0 spiro atoms. The number of nitrogens with zero attached hydrogens (tertiary/aromatic N) is 1. The molecule has 1 heterocycles. The van der Waals surface area contributed by atoms with E-state index in [-0.39, 0.29) is 10.5 Å². The van der Waals surface area contributed by atoms with Crippen LogP contribution in [0.5, 0.6) is 0 Å². The van der Waals surface area contributed by atoms with Gasteiger partial charge in [-0.15, -0.1) is 0 Å². The smallest absolute Gasteiger partial charge is 0.251 e. The van der Waals surface area contributed by atoms with E-state index in [1.54, 1.807) is 11.6 Å². The van der Waals surface area contributed by atoms with Crippen LogP contribution in [-0.2, 0) is 13.5 Å². The van der Waals surface area contributed by atoms with Crippen molar-refractivity contribution in [1.29, 1.82) is 0 Å². The summed E-state index contributed by atoms with van der Waals surface area (Å²) in [5, 5.41) is 0. The molecule has 0 fully saturated rings. The average molecular weight is 196 g/mol. The highest BCUT2D eigenvalue weighted by atomic mass is 32.1. The lowest BCUT2D eigenvalue weighted by atomic mass is 10.2. The van der Waals surface area contributed by atoms with Crippen LogP contribution >= 0.6 is 12.2 Å². The third-order valence-electron chi connectivity index (χ3n) is 2.01. The molecule has 70 valence electrons. The maximum atomic E-state index is 11.4. The van der Waals surface area contributed by atoms with E-state index < -0.39 is 0 Å². The summed E-state index contributed by atoms with van der Waals surface area (Å²) in [6, 6.07) is 3.31. The Morgan fingerprint density at radius 1 is 1.62 bits per heavy atom. The zero-order valence-corrected chi connectivity index (χ0v) is 8.52. The fraction of sp³-hybridized carbons (Fsp3) is 0.333. The first kappa shape index (κ1) is 9.92. The molecule has 3 nitrogen and oxygen atoms in total. The number of aromatic nitrogens is 1. The van der Waals surface area contributed by atoms with Gasteiger partial charge in [-0.1, -0.05) is 19.1 Å². The third-order valence-corrected chi connectivity index (χ3v) is 2.24. The molecule has 1 aromatic heterocycles. The number of thiocarbonyl (C=S) groups is 1. The summed E-state index contributed by atoms with van der Waals surface area (Å²) in [6.07, 6.45) is 0.794.